The maximum absolute atomic E-state index is 13.9. The largest absolute Gasteiger partial charge is 0.352 e. The van der Waals surface area contributed by atoms with Crippen LogP contribution in [0, 0.1) is 6.92 Å². The summed E-state index contributed by atoms with van der Waals surface area (Å²) >= 11 is 18.7. The van der Waals surface area contributed by atoms with Crippen molar-refractivity contribution in [2.24, 2.45) is 0 Å². The van der Waals surface area contributed by atoms with Gasteiger partial charge in [0.1, 0.15) is 6.04 Å². The molecule has 0 saturated heterocycles. The van der Waals surface area contributed by atoms with Gasteiger partial charge in [0.15, 0.2) is 0 Å². The molecule has 0 fully saturated rings. The van der Waals surface area contributed by atoms with E-state index in [0.29, 0.717) is 38.3 Å². The fourth-order valence-electron chi connectivity index (χ4n) is 4.62. The van der Waals surface area contributed by atoms with Gasteiger partial charge in [-0.2, -0.15) is 0 Å². The standard InChI is InChI=1S/C31H36Cl3N3O4S/c1-21(2)35-31(39)29(19-23-10-6-5-7-11-23)36(20-24-15-16-26(33)27(34)18-24)30(38)14-9-17-37(42(4,40)41)28-13-8-12-25(32)22(28)3/h5-8,10-13,15-16,18,21,29H,9,14,17,19-20H2,1-4H3,(H,35,39)/t29-/m0/s1. The highest BCUT2D eigenvalue weighted by molar-refractivity contribution is 7.92. The minimum absolute atomic E-state index is 0.00715. The van der Waals surface area contributed by atoms with Gasteiger partial charge in [-0.25, -0.2) is 8.42 Å². The Hall–Kier alpha value is -2.78. The third-order valence-electron chi connectivity index (χ3n) is 6.70. The summed E-state index contributed by atoms with van der Waals surface area (Å²) in [6, 6.07) is 18.7. The van der Waals surface area contributed by atoms with Crippen molar-refractivity contribution < 1.29 is 18.0 Å². The van der Waals surface area contributed by atoms with Crippen LogP contribution in [0.4, 0.5) is 5.69 Å². The lowest BCUT2D eigenvalue weighted by Gasteiger charge is -2.32. The van der Waals surface area contributed by atoms with E-state index in [1.54, 1.807) is 48.2 Å². The number of amides is 2. The van der Waals surface area contributed by atoms with Crippen LogP contribution >= 0.6 is 34.8 Å². The van der Waals surface area contributed by atoms with Gasteiger partial charge < -0.3 is 10.2 Å². The molecular formula is C31H36Cl3N3O4S. The molecule has 0 saturated carbocycles. The van der Waals surface area contributed by atoms with Crippen molar-refractivity contribution in [1.29, 1.82) is 0 Å². The number of rotatable bonds is 13. The highest BCUT2D eigenvalue weighted by Gasteiger charge is 2.31. The first-order chi connectivity index (χ1) is 19.8. The van der Waals surface area contributed by atoms with E-state index < -0.39 is 16.1 Å². The van der Waals surface area contributed by atoms with E-state index in [2.05, 4.69) is 5.32 Å². The fraction of sp³-hybridized carbons (Fsp3) is 0.355. The summed E-state index contributed by atoms with van der Waals surface area (Å²) in [4.78, 5) is 29.0. The van der Waals surface area contributed by atoms with Gasteiger partial charge in [0, 0.05) is 37.0 Å². The molecule has 0 aromatic heterocycles. The van der Waals surface area contributed by atoms with Gasteiger partial charge in [-0.1, -0.05) is 77.3 Å². The zero-order valence-electron chi connectivity index (χ0n) is 24.1. The van der Waals surface area contributed by atoms with Crippen molar-refractivity contribution in [3.63, 3.8) is 0 Å². The predicted octanol–water partition coefficient (Wildman–Crippen LogP) is 6.67. The number of halogens is 3. The molecular weight excluding hydrogens is 617 g/mol. The first-order valence-electron chi connectivity index (χ1n) is 13.6. The van der Waals surface area contributed by atoms with Crippen LogP contribution in [0.5, 0.6) is 0 Å². The molecule has 3 aromatic rings. The molecule has 3 rings (SSSR count). The second-order valence-corrected chi connectivity index (χ2v) is 13.6. The zero-order chi connectivity index (χ0) is 31.0. The summed E-state index contributed by atoms with van der Waals surface area (Å²) in [6.07, 6.45) is 1.65. The quantitative estimate of drug-likeness (QED) is 0.224. The Morgan fingerprint density at radius 3 is 2.19 bits per heavy atom. The molecule has 2 amide bonds. The number of sulfonamides is 1. The number of benzene rings is 3. The monoisotopic (exact) mass is 651 g/mol. The van der Waals surface area contributed by atoms with Gasteiger partial charge in [0.25, 0.3) is 0 Å². The minimum atomic E-state index is -3.66. The molecule has 0 unspecified atom stereocenters. The predicted molar refractivity (Wildman–Crippen MR) is 172 cm³/mol. The molecule has 0 heterocycles. The average Bonchev–Trinajstić information content (AvgIpc) is 2.92. The maximum atomic E-state index is 13.9. The number of carbonyl (C=O) groups is 2. The zero-order valence-corrected chi connectivity index (χ0v) is 27.2. The topological polar surface area (TPSA) is 86.8 Å². The molecule has 0 aliphatic heterocycles. The molecule has 3 aromatic carbocycles. The number of anilines is 1. The van der Waals surface area contributed by atoms with Gasteiger partial charge in [-0.3, -0.25) is 13.9 Å². The Morgan fingerprint density at radius 2 is 1.57 bits per heavy atom. The SMILES string of the molecule is Cc1c(Cl)cccc1N(CCCC(=O)N(Cc1ccc(Cl)c(Cl)c1)[C@@H](Cc1ccccc1)C(=O)NC(C)C)S(C)(=O)=O. The van der Waals surface area contributed by atoms with Gasteiger partial charge in [-0.15, -0.1) is 0 Å². The van der Waals surface area contributed by atoms with Crippen molar-refractivity contribution in [1.82, 2.24) is 10.2 Å². The summed E-state index contributed by atoms with van der Waals surface area (Å²) in [5.74, 6) is -0.577. The molecule has 0 bridgehead atoms. The summed E-state index contributed by atoms with van der Waals surface area (Å²) in [6.45, 7) is 5.65. The molecule has 1 atom stereocenters. The molecule has 11 heteroatoms. The van der Waals surface area contributed by atoms with Crippen LogP contribution in [0.1, 0.15) is 43.4 Å². The second-order valence-electron chi connectivity index (χ2n) is 10.5. The summed E-state index contributed by atoms with van der Waals surface area (Å²) < 4.78 is 26.7. The van der Waals surface area contributed by atoms with Crippen LogP contribution < -0.4 is 9.62 Å². The van der Waals surface area contributed by atoms with E-state index in [-0.39, 0.29) is 43.8 Å². The van der Waals surface area contributed by atoms with Gasteiger partial charge in [0.05, 0.1) is 22.0 Å². The second kappa shape index (κ2) is 15.1. The summed E-state index contributed by atoms with van der Waals surface area (Å²) in [5, 5.41) is 4.13. The molecule has 0 aliphatic rings. The lowest BCUT2D eigenvalue weighted by molar-refractivity contribution is -0.141. The van der Waals surface area contributed by atoms with Crippen molar-refractivity contribution in [3.8, 4) is 0 Å². The van der Waals surface area contributed by atoms with Crippen LogP contribution in [0.2, 0.25) is 15.1 Å². The fourth-order valence-corrected chi connectivity index (χ4v) is 6.12. The Bertz CT molecular complexity index is 1500. The molecule has 226 valence electrons. The van der Waals surface area contributed by atoms with Crippen molar-refractivity contribution in [3.05, 3.63) is 98.5 Å². The van der Waals surface area contributed by atoms with E-state index in [9.17, 15) is 18.0 Å². The van der Waals surface area contributed by atoms with Crippen LogP contribution in [0.15, 0.2) is 66.7 Å². The maximum Gasteiger partial charge on any atom is 0.243 e. The number of hydrogen-bond acceptors (Lipinski definition) is 4. The first-order valence-corrected chi connectivity index (χ1v) is 16.6. The van der Waals surface area contributed by atoms with Crippen LogP contribution in [-0.4, -0.2) is 50.0 Å². The van der Waals surface area contributed by atoms with E-state index in [1.807, 2.05) is 44.2 Å². The van der Waals surface area contributed by atoms with Crippen molar-refractivity contribution >= 4 is 62.3 Å². The Labute approximate surface area is 263 Å². The van der Waals surface area contributed by atoms with E-state index in [4.69, 9.17) is 34.8 Å². The molecule has 1 N–H and O–H groups in total. The van der Waals surface area contributed by atoms with E-state index in [1.165, 1.54) is 4.31 Å². The van der Waals surface area contributed by atoms with Crippen LogP contribution in [0.3, 0.4) is 0 Å². The minimum Gasteiger partial charge on any atom is -0.352 e. The van der Waals surface area contributed by atoms with Gasteiger partial charge in [-0.05, 0) is 68.1 Å². The lowest BCUT2D eigenvalue weighted by Crippen LogP contribution is -2.51. The van der Waals surface area contributed by atoms with Crippen molar-refractivity contribution in [2.45, 2.75) is 58.7 Å². The van der Waals surface area contributed by atoms with Crippen molar-refractivity contribution in [2.75, 3.05) is 17.1 Å². The molecule has 7 nitrogen and oxygen atoms in total. The van der Waals surface area contributed by atoms with Gasteiger partial charge >= 0.3 is 0 Å². The molecule has 42 heavy (non-hydrogen) atoms. The highest BCUT2D eigenvalue weighted by Crippen LogP contribution is 2.29. The molecule has 0 radical (unpaired) electrons. The normalized spacial score (nSPS) is 12.2. The van der Waals surface area contributed by atoms with Crippen LogP contribution in [0.25, 0.3) is 0 Å². The first kappa shape index (κ1) is 33.7. The Morgan fingerprint density at radius 1 is 0.881 bits per heavy atom. The average molecular weight is 653 g/mol. The number of nitrogens with zero attached hydrogens (tertiary/aromatic N) is 2. The Balaban J connectivity index is 1.92. The van der Waals surface area contributed by atoms with E-state index >= 15 is 0 Å². The number of carbonyl (C=O) groups excluding carboxylic acids is 2. The molecule has 0 spiro atoms. The third-order valence-corrected chi connectivity index (χ3v) is 9.03. The Kier molecular flexibility index (Phi) is 12.1. The third kappa shape index (κ3) is 9.36. The van der Waals surface area contributed by atoms with E-state index in [0.717, 1.165) is 11.8 Å². The van der Waals surface area contributed by atoms with Crippen LogP contribution in [-0.2, 0) is 32.6 Å². The smallest absolute Gasteiger partial charge is 0.243 e. The highest BCUT2D eigenvalue weighted by atomic mass is 35.5. The summed E-state index contributed by atoms with van der Waals surface area (Å²) in [5.41, 5.74) is 2.70. The summed E-state index contributed by atoms with van der Waals surface area (Å²) in [7, 11) is -3.66. The number of hydrogen-bond donors (Lipinski definition) is 1. The lowest BCUT2D eigenvalue weighted by atomic mass is 10.0. The molecule has 0 aliphatic carbocycles. The number of nitrogens with one attached hydrogen (secondary N) is 1. The van der Waals surface area contributed by atoms with Gasteiger partial charge in [0.2, 0.25) is 21.8 Å².